The van der Waals surface area contributed by atoms with Crippen molar-refractivity contribution in [2.45, 2.75) is 25.0 Å². The fourth-order valence-electron chi connectivity index (χ4n) is 2.19. The van der Waals surface area contributed by atoms with Gasteiger partial charge in [-0.15, -0.1) is 0 Å². The summed E-state index contributed by atoms with van der Waals surface area (Å²) < 4.78 is 15.6. The van der Waals surface area contributed by atoms with Gasteiger partial charge in [0.25, 0.3) is 0 Å². The number of piperidine rings is 1. The monoisotopic (exact) mass is 243 g/mol. The molecule has 2 saturated heterocycles. The maximum atomic E-state index is 11.7. The number of rotatable bonds is 2. The molecule has 0 radical (unpaired) electrons. The van der Waals surface area contributed by atoms with Crippen LogP contribution in [0.3, 0.4) is 0 Å². The van der Waals surface area contributed by atoms with Crippen molar-refractivity contribution < 1.29 is 23.8 Å². The second kappa shape index (κ2) is 5.01. The van der Waals surface area contributed by atoms with Crippen LogP contribution in [0, 0.1) is 0 Å². The van der Waals surface area contributed by atoms with Crippen molar-refractivity contribution in [3.8, 4) is 0 Å². The van der Waals surface area contributed by atoms with Gasteiger partial charge in [-0.1, -0.05) is 0 Å². The molecule has 2 heterocycles. The Bertz CT molecular complexity index is 301. The fourth-order valence-corrected chi connectivity index (χ4v) is 2.19. The van der Waals surface area contributed by atoms with Gasteiger partial charge in [-0.25, -0.2) is 0 Å². The van der Waals surface area contributed by atoms with E-state index in [9.17, 15) is 9.59 Å². The Morgan fingerprint density at radius 2 is 1.82 bits per heavy atom. The van der Waals surface area contributed by atoms with E-state index in [4.69, 9.17) is 9.47 Å². The molecule has 6 nitrogen and oxygen atoms in total. The summed E-state index contributed by atoms with van der Waals surface area (Å²) in [5.41, 5.74) is 0. The standard InChI is InChI=1S/C11H17NO5/c1-15-10(14)8-9(13)12-4-2-11(3-5-12)16-6-7-17-11/h2-8H2,1H3. The molecule has 2 aliphatic rings. The van der Waals surface area contributed by atoms with Crippen LogP contribution in [0.4, 0.5) is 0 Å². The van der Waals surface area contributed by atoms with Crippen molar-refractivity contribution in [3.05, 3.63) is 0 Å². The molecular weight excluding hydrogens is 226 g/mol. The Morgan fingerprint density at radius 3 is 2.35 bits per heavy atom. The second-order valence-electron chi connectivity index (χ2n) is 4.24. The molecule has 96 valence electrons. The van der Waals surface area contributed by atoms with Gasteiger partial charge in [0.05, 0.1) is 20.3 Å². The highest BCUT2D eigenvalue weighted by Gasteiger charge is 2.40. The predicted molar refractivity (Wildman–Crippen MR) is 57.1 cm³/mol. The van der Waals surface area contributed by atoms with Gasteiger partial charge in [0.15, 0.2) is 5.79 Å². The molecule has 1 spiro atoms. The first-order chi connectivity index (χ1) is 8.15. The SMILES string of the molecule is COC(=O)CC(=O)N1CCC2(CC1)OCCO2. The van der Waals surface area contributed by atoms with Gasteiger partial charge < -0.3 is 19.1 Å². The van der Waals surface area contributed by atoms with E-state index >= 15 is 0 Å². The molecule has 17 heavy (non-hydrogen) atoms. The number of likely N-dealkylation sites (tertiary alicyclic amines) is 1. The third-order valence-electron chi connectivity index (χ3n) is 3.21. The summed E-state index contributed by atoms with van der Waals surface area (Å²) >= 11 is 0. The normalized spacial score (nSPS) is 22.8. The van der Waals surface area contributed by atoms with Crippen LogP contribution in [0.1, 0.15) is 19.3 Å². The number of hydrogen-bond donors (Lipinski definition) is 0. The third kappa shape index (κ3) is 2.76. The molecule has 0 aromatic rings. The molecule has 2 fully saturated rings. The number of methoxy groups -OCH3 is 1. The first-order valence-electron chi connectivity index (χ1n) is 5.78. The lowest BCUT2D eigenvalue weighted by Crippen LogP contribution is -2.47. The molecule has 0 saturated carbocycles. The summed E-state index contributed by atoms with van der Waals surface area (Å²) in [6.45, 7) is 2.37. The molecule has 1 amide bonds. The average molecular weight is 243 g/mol. The van der Waals surface area contributed by atoms with Crippen molar-refractivity contribution in [2.24, 2.45) is 0 Å². The lowest BCUT2D eigenvalue weighted by atomic mass is 10.0. The summed E-state index contributed by atoms with van der Waals surface area (Å²) in [4.78, 5) is 24.4. The van der Waals surface area contributed by atoms with Crippen LogP contribution in [0.2, 0.25) is 0 Å². The smallest absolute Gasteiger partial charge is 0.315 e. The van der Waals surface area contributed by atoms with E-state index in [1.165, 1.54) is 7.11 Å². The van der Waals surface area contributed by atoms with Crippen LogP contribution in [0.25, 0.3) is 0 Å². The molecule has 2 rings (SSSR count). The van der Waals surface area contributed by atoms with Crippen molar-refractivity contribution in [3.63, 3.8) is 0 Å². The first kappa shape index (κ1) is 12.3. The van der Waals surface area contributed by atoms with E-state index in [1.807, 2.05) is 0 Å². The number of amides is 1. The molecule has 0 aliphatic carbocycles. The quantitative estimate of drug-likeness (QED) is 0.501. The van der Waals surface area contributed by atoms with Gasteiger partial charge in [0.1, 0.15) is 6.42 Å². The van der Waals surface area contributed by atoms with Gasteiger partial charge in [-0.05, 0) is 0 Å². The van der Waals surface area contributed by atoms with Gasteiger partial charge >= 0.3 is 5.97 Å². The van der Waals surface area contributed by atoms with E-state index in [2.05, 4.69) is 4.74 Å². The zero-order chi connectivity index (χ0) is 12.3. The van der Waals surface area contributed by atoms with Crippen molar-refractivity contribution >= 4 is 11.9 Å². The van der Waals surface area contributed by atoms with Crippen LogP contribution in [0.5, 0.6) is 0 Å². The van der Waals surface area contributed by atoms with Gasteiger partial charge in [0.2, 0.25) is 5.91 Å². The third-order valence-corrected chi connectivity index (χ3v) is 3.21. The van der Waals surface area contributed by atoms with E-state index < -0.39 is 11.8 Å². The number of carbonyl (C=O) groups excluding carboxylic acids is 2. The molecule has 0 N–H and O–H groups in total. The molecule has 0 aromatic carbocycles. The lowest BCUT2D eigenvalue weighted by Gasteiger charge is -2.37. The largest absolute Gasteiger partial charge is 0.469 e. The number of nitrogens with zero attached hydrogens (tertiary/aromatic N) is 1. The minimum Gasteiger partial charge on any atom is -0.469 e. The first-order valence-corrected chi connectivity index (χ1v) is 5.78. The zero-order valence-electron chi connectivity index (χ0n) is 9.94. The Hall–Kier alpha value is -1.14. The highest BCUT2D eigenvalue weighted by atomic mass is 16.7. The highest BCUT2D eigenvalue weighted by molar-refractivity contribution is 5.94. The van der Waals surface area contributed by atoms with E-state index in [0.717, 1.165) is 0 Å². The van der Waals surface area contributed by atoms with Gasteiger partial charge in [0, 0.05) is 25.9 Å². The zero-order valence-corrected chi connectivity index (χ0v) is 9.94. The van der Waals surface area contributed by atoms with E-state index in [1.54, 1.807) is 4.90 Å². The van der Waals surface area contributed by atoms with Crippen molar-refractivity contribution in [2.75, 3.05) is 33.4 Å². The van der Waals surface area contributed by atoms with Gasteiger partial charge in [-0.2, -0.15) is 0 Å². The summed E-state index contributed by atoms with van der Waals surface area (Å²) in [5, 5.41) is 0. The van der Waals surface area contributed by atoms with E-state index in [-0.39, 0.29) is 12.3 Å². The fraction of sp³-hybridized carbons (Fsp3) is 0.818. The van der Waals surface area contributed by atoms with Crippen LogP contribution < -0.4 is 0 Å². The maximum absolute atomic E-state index is 11.7. The average Bonchev–Trinajstić information content (AvgIpc) is 2.78. The van der Waals surface area contributed by atoms with Crippen LogP contribution in [0.15, 0.2) is 0 Å². The van der Waals surface area contributed by atoms with Crippen molar-refractivity contribution in [1.82, 2.24) is 4.90 Å². The minimum absolute atomic E-state index is 0.189. The minimum atomic E-state index is -0.497. The Labute approximate surface area is 99.8 Å². The molecule has 6 heteroatoms. The highest BCUT2D eigenvalue weighted by Crippen LogP contribution is 2.31. The maximum Gasteiger partial charge on any atom is 0.315 e. The molecule has 2 aliphatic heterocycles. The van der Waals surface area contributed by atoms with Crippen molar-refractivity contribution in [1.29, 1.82) is 0 Å². The number of hydrogen-bond acceptors (Lipinski definition) is 5. The van der Waals surface area contributed by atoms with Gasteiger partial charge in [-0.3, -0.25) is 9.59 Å². The summed E-state index contributed by atoms with van der Waals surface area (Å²) in [5.74, 6) is -1.17. The molecular formula is C11H17NO5. The van der Waals surface area contributed by atoms with E-state index in [0.29, 0.717) is 39.1 Å². The molecule has 0 bridgehead atoms. The Balaban J connectivity index is 1.82. The Morgan fingerprint density at radius 1 is 1.24 bits per heavy atom. The second-order valence-corrected chi connectivity index (χ2v) is 4.24. The topological polar surface area (TPSA) is 65.1 Å². The van der Waals surface area contributed by atoms with Crippen LogP contribution in [-0.4, -0.2) is 56.0 Å². The van der Waals surface area contributed by atoms with Crippen LogP contribution >= 0.6 is 0 Å². The summed E-state index contributed by atoms with van der Waals surface area (Å²) in [6.07, 6.45) is 1.14. The molecule has 0 aromatic heterocycles. The lowest BCUT2D eigenvalue weighted by molar-refractivity contribution is -0.187. The molecule has 0 atom stereocenters. The summed E-state index contributed by atoms with van der Waals surface area (Å²) in [6, 6.07) is 0. The van der Waals surface area contributed by atoms with Crippen LogP contribution in [-0.2, 0) is 23.8 Å². The molecule has 0 unspecified atom stereocenters. The summed E-state index contributed by atoms with van der Waals surface area (Å²) in [7, 11) is 1.28. The Kier molecular flexibility index (Phi) is 3.63. The number of ether oxygens (including phenoxy) is 3. The number of carbonyl (C=O) groups is 2. The predicted octanol–water partition coefficient (Wildman–Crippen LogP) is -0.0850. The number of esters is 1.